The van der Waals surface area contributed by atoms with Crippen molar-refractivity contribution in [2.45, 2.75) is 50.7 Å². The Morgan fingerprint density at radius 2 is 1.63 bits per heavy atom. The number of benzene rings is 2. The van der Waals surface area contributed by atoms with E-state index < -0.39 is 22.6 Å². The summed E-state index contributed by atoms with van der Waals surface area (Å²) in [6.07, 6.45) is 1.86. The van der Waals surface area contributed by atoms with Crippen LogP contribution < -0.4 is 10.6 Å². The van der Waals surface area contributed by atoms with Crippen molar-refractivity contribution in [1.29, 1.82) is 0 Å². The minimum absolute atomic E-state index is 0.0491. The van der Waals surface area contributed by atoms with E-state index in [0.717, 1.165) is 62.8 Å². The first-order chi connectivity index (χ1) is 14.2. The maximum Gasteiger partial charge on any atom is 0.416 e. The molecule has 0 heterocycles. The van der Waals surface area contributed by atoms with E-state index in [9.17, 15) is 28.1 Å². The number of rotatable bonds is 5. The lowest BCUT2D eigenvalue weighted by molar-refractivity contribution is -0.384. The average Bonchev–Trinajstić information content (AvgIpc) is 2.96. The van der Waals surface area contributed by atoms with Crippen LogP contribution >= 0.6 is 0 Å². The number of hydrogen-bond acceptors (Lipinski definition) is 4. The zero-order valence-electron chi connectivity index (χ0n) is 16.2. The summed E-state index contributed by atoms with van der Waals surface area (Å²) in [4.78, 5) is 23.4. The number of alkyl halides is 3. The van der Waals surface area contributed by atoms with E-state index in [1.54, 1.807) is 0 Å². The first kappa shape index (κ1) is 21.6. The van der Waals surface area contributed by atoms with E-state index in [2.05, 4.69) is 10.6 Å². The molecule has 2 N–H and O–H groups in total. The van der Waals surface area contributed by atoms with Crippen LogP contribution in [0.2, 0.25) is 0 Å². The van der Waals surface area contributed by atoms with Crippen LogP contribution in [0, 0.1) is 10.1 Å². The molecule has 6 nitrogen and oxygen atoms in total. The summed E-state index contributed by atoms with van der Waals surface area (Å²) >= 11 is 0. The zero-order chi connectivity index (χ0) is 21.7. The Bertz CT molecular complexity index is 906. The maximum absolute atomic E-state index is 12.6. The van der Waals surface area contributed by atoms with Crippen LogP contribution in [0.15, 0.2) is 42.5 Å². The first-order valence-electron chi connectivity index (χ1n) is 9.77. The maximum atomic E-state index is 12.6. The largest absolute Gasteiger partial charge is 0.416 e. The summed E-state index contributed by atoms with van der Waals surface area (Å²) in [6, 6.07) is 8.29. The summed E-state index contributed by atoms with van der Waals surface area (Å²) in [7, 11) is 0. The summed E-state index contributed by atoms with van der Waals surface area (Å²) in [5, 5.41) is 17.2. The Hall–Kier alpha value is -3.10. The van der Waals surface area contributed by atoms with Gasteiger partial charge in [0.2, 0.25) is 0 Å². The Morgan fingerprint density at radius 1 is 1.00 bits per heavy atom. The van der Waals surface area contributed by atoms with E-state index >= 15 is 0 Å². The van der Waals surface area contributed by atoms with Crippen LogP contribution in [-0.4, -0.2) is 16.9 Å². The summed E-state index contributed by atoms with van der Waals surface area (Å²) in [6.45, 7) is 0. The molecule has 0 saturated heterocycles. The Balaban J connectivity index is 1.74. The fourth-order valence-electron chi connectivity index (χ4n) is 3.54. The van der Waals surface area contributed by atoms with E-state index in [0.29, 0.717) is 5.69 Å². The van der Waals surface area contributed by atoms with Crippen LogP contribution in [-0.2, 0) is 6.18 Å². The van der Waals surface area contributed by atoms with Gasteiger partial charge in [-0.25, -0.2) is 0 Å². The van der Waals surface area contributed by atoms with Gasteiger partial charge < -0.3 is 10.6 Å². The van der Waals surface area contributed by atoms with Crippen molar-refractivity contribution in [2.75, 3.05) is 10.6 Å². The molecule has 0 unspecified atom stereocenters. The Morgan fingerprint density at radius 3 is 2.20 bits per heavy atom. The fourth-order valence-corrected chi connectivity index (χ4v) is 3.54. The number of halogens is 3. The normalized spacial score (nSPS) is 15.3. The number of anilines is 2. The molecular weight excluding hydrogens is 399 g/mol. The summed E-state index contributed by atoms with van der Waals surface area (Å²) in [5.74, 6) is -0.640. The number of hydrogen-bond donors (Lipinski definition) is 2. The average molecular weight is 421 g/mol. The molecule has 3 rings (SSSR count). The molecular formula is C21H22F3N3O3. The molecule has 0 bridgehead atoms. The van der Waals surface area contributed by atoms with Crippen LogP contribution in [0.4, 0.5) is 30.2 Å². The van der Waals surface area contributed by atoms with Gasteiger partial charge in [-0.15, -0.1) is 0 Å². The number of nitrogens with zero attached hydrogens (tertiary/aromatic N) is 1. The molecule has 0 spiro atoms. The molecule has 1 aliphatic rings. The quantitative estimate of drug-likeness (QED) is 0.352. The molecule has 1 saturated carbocycles. The second-order valence-corrected chi connectivity index (χ2v) is 7.35. The van der Waals surface area contributed by atoms with Crippen molar-refractivity contribution in [3.05, 3.63) is 63.7 Å². The smallest absolute Gasteiger partial charge is 0.377 e. The van der Waals surface area contributed by atoms with Gasteiger partial charge in [0.05, 0.1) is 10.5 Å². The molecule has 1 amide bonds. The molecule has 0 aromatic heterocycles. The highest BCUT2D eigenvalue weighted by atomic mass is 19.4. The lowest BCUT2D eigenvalue weighted by atomic mass is 10.1. The van der Waals surface area contributed by atoms with Crippen LogP contribution in [0.3, 0.4) is 0 Å². The van der Waals surface area contributed by atoms with Crippen molar-refractivity contribution in [3.63, 3.8) is 0 Å². The third-order valence-electron chi connectivity index (χ3n) is 5.14. The molecule has 0 radical (unpaired) electrons. The van der Waals surface area contributed by atoms with Gasteiger partial charge in [0, 0.05) is 23.4 Å². The standard InChI is InChI=1S/C21H22F3N3O3/c22-21(23,24)15-8-10-17(11-9-15)26-20(28)14-7-12-18(19(13-14)27(29)30)25-16-5-3-1-2-4-6-16/h7-13,16,25H,1-6H2,(H,26,28). The molecule has 0 aliphatic heterocycles. The van der Waals surface area contributed by atoms with E-state index in [4.69, 9.17) is 0 Å². The second kappa shape index (κ2) is 9.15. The molecule has 1 fully saturated rings. The van der Waals surface area contributed by atoms with Gasteiger partial charge in [-0.1, -0.05) is 25.7 Å². The van der Waals surface area contributed by atoms with Gasteiger partial charge >= 0.3 is 6.18 Å². The van der Waals surface area contributed by atoms with Crippen LogP contribution in [0.25, 0.3) is 0 Å². The summed E-state index contributed by atoms with van der Waals surface area (Å²) in [5.41, 5.74) is -0.466. The van der Waals surface area contributed by atoms with Crippen molar-refractivity contribution in [3.8, 4) is 0 Å². The molecule has 1 aliphatic carbocycles. The summed E-state index contributed by atoms with van der Waals surface area (Å²) < 4.78 is 37.9. The fraction of sp³-hybridized carbons (Fsp3) is 0.381. The van der Waals surface area contributed by atoms with Gasteiger partial charge in [0.25, 0.3) is 11.6 Å². The van der Waals surface area contributed by atoms with E-state index in [-0.39, 0.29) is 23.0 Å². The monoisotopic (exact) mass is 421 g/mol. The van der Waals surface area contributed by atoms with Gasteiger partial charge in [0.15, 0.2) is 0 Å². The lowest BCUT2D eigenvalue weighted by Crippen LogP contribution is -2.19. The molecule has 30 heavy (non-hydrogen) atoms. The highest BCUT2D eigenvalue weighted by molar-refractivity contribution is 6.05. The van der Waals surface area contributed by atoms with Gasteiger partial charge in [0.1, 0.15) is 5.69 Å². The van der Waals surface area contributed by atoms with Crippen molar-refractivity contribution >= 4 is 23.0 Å². The third kappa shape index (κ3) is 5.49. The van der Waals surface area contributed by atoms with Crippen LogP contribution in [0.1, 0.15) is 54.4 Å². The number of amides is 1. The first-order valence-corrected chi connectivity index (χ1v) is 9.77. The van der Waals surface area contributed by atoms with Crippen LogP contribution in [0.5, 0.6) is 0 Å². The SMILES string of the molecule is O=C(Nc1ccc(C(F)(F)F)cc1)c1ccc(NC2CCCCCC2)c([N+](=O)[O-])c1. The topological polar surface area (TPSA) is 84.3 Å². The molecule has 2 aromatic rings. The van der Waals surface area contributed by atoms with Gasteiger partial charge in [-0.2, -0.15) is 13.2 Å². The van der Waals surface area contributed by atoms with Gasteiger partial charge in [-0.3, -0.25) is 14.9 Å². The lowest BCUT2D eigenvalue weighted by Gasteiger charge is -2.18. The third-order valence-corrected chi connectivity index (χ3v) is 5.14. The molecule has 9 heteroatoms. The molecule has 0 atom stereocenters. The Kier molecular flexibility index (Phi) is 6.59. The second-order valence-electron chi connectivity index (χ2n) is 7.35. The number of carbonyl (C=O) groups excluding carboxylic acids is 1. The zero-order valence-corrected chi connectivity index (χ0v) is 16.2. The number of nitrogens with one attached hydrogen (secondary N) is 2. The van der Waals surface area contributed by atoms with E-state index in [1.165, 1.54) is 18.2 Å². The van der Waals surface area contributed by atoms with Gasteiger partial charge in [-0.05, 0) is 49.2 Å². The minimum Gasteiger partial charge on any atom is -0.377 e. The highest BCUT2D eigenvalue weighted by Crippen LogP contribution is 2.31. The van der Waals surface area contributed by atoms with E-state index in [1.807, 2.05) is 0 Å². The predicted molar refractivity (Wildman–Crippen MR) is 108 cm³/mol. The molecule has 2 aromatic carbocycles. The van der Waals surface area contributed by atoms with Crippen molar-refractivity contribution < 1.29 is 22.9 Å². The minimum atomic E-state index is -4.47. The van der Waals surface area contributed by atoms with Crippen molar-refractivity contribution in [1.82, 2.24) is 0 Å². The van der Waals surface area contributed by atoms with Crippen molar-refractivity contribution in [2.24, 2.45) is 0 Å². The number of carbonyl (C=O) groups is 1. The number of nitro benzene ring substituents is 1. The number of nitro groups is 1. The predicted octanol–water partition coefficient (Wildman–Crippen LogP) is 6.00. The Labute approximate surface area is 171 Å². The molecule has 160 valence electrons. The highest BCUT2D eigenvalue weighted by Gasteiger charge is 2.30.